The first-order valence-corrected chi connectivity index (χ1v) is 7.76. The largest absolute Gasteiger partial charge is 0.465 e. The Morgan fingerprint density at radius 3 is 2.77 bits per heavy atom. The molecule has 6 heteroatoms. The zero-order chi connectivity index (χ0) is 15.9. The van der Waals surface area contributed by atoms with Gasteiger partial charge in [-0.3, -0.25) is 0 Å². The molecular weight excluding hydrogens is 302 g/mol. The summed E-state index contributed by atoms with van der Waals surface area (Å²) in [5, 5.41) is 1.95. The summed E-state index contributed by atoms with van der Waals surface area (Å²) in [4.78, 5) is 15.8. The summed E-state index contributed by atoms with van der Waals surface area (Å²) < 4.78 is 15.9. The maximum atomic E-state index is 11.6. The van der Waals surface area contributed by atoms with E-state index in [4.69, 9.17) is 14.2 Å². The Labute approximate surface area is 133 Å². The maximum absolute atomic E-state index is 11.6. The molecule has 0 saturated heterocycles. The van der Waals surface area contributed by atoms with Gasteiger partial charge < -0.3 is 14.2 Å². The molecule has 1 unspecified atom stereocenters. The number of ether oxygens (including phenoxy) is 3. The summed E-state index contributed by atoms with van der Waals surface area (Å²) in [6.07, 6.45) is -0.211. The average molecular weight is 321 g/mol. The van der Waals surface area contributed by atoms with Crippen LogP contribution in [-0.2, 0) is 20.8 Å². The van der Waals surface area contributed by atoms with E-state index >= 15 is 0 Å². The van der Waals surface area contributed by atoms with E-state index in [1.54, 1.807) is 18.7 Å². The number of hydrogen-bond donors (Lipinski definition) is 0. The zero-order valence-corrected chi connectivity index (χ0v) is 13.7. The number of carbonyl (C=O) groups is 1. The van der Waals surface area contributed by atoms with Crippen molar-refractivity contribution in [1.29, 1.82) is 0 Å². The normalized spacial score (nSPS) is 12.1. The molecule has 2 aromatic rings. The van der Waals surface area contributed by atoms with Gasteiger partial charge in [-0.2, -0.15) is 0 Å². The van der Waals surface area contributed by atoms with E-state index in [0.717, 1.165) is 16.8 Å². The quantitative estimate of drug-likeness (QED) is 0.733. The average Bonchev–Trinajstić information content (AvgIpc) is 3.04. The molecule has 1 atom stereocenters. The van der Waals surface area contributed by atoms with Crippen LogP contribution >= 0.6 is 11.3 Å². The maximum Gasteiger partial charge on any atom is 0.338 e. The van der Waals surface area contributed by atoms with Crippen LogP contribution in [0.2, 0.25) is 0 Å². The van der Waals surface area contributed by atoms with Crippen molar-refractivity contribution >= 4 is 17.3 Å². The molecule has 0 fully saturated rings. The Bertz CT molecular complexity index is 613. The van der Waals surface area contributed by atoms with Crippen molar-refractivity contribution < 1.29 is 19.0 Å². The smallest absolute Gasteiger partial charge is 0.338 e. The predicted molar refractivity (Wildman–Crippen MR) is 84.0 cm³/mol. The molecule has 0 aliphatic carbocycles. The van der Waals surface area contributed by atoms with E-state index in [1.807, 2.05) is 24.4 Å². The van der Waals surface area contributed by atoms with E-state index in [9.17, 15) is 4.79 Å². The van der Waals surface area contributed by atoms with Gasteiger partial charge in [0.1, 0.15) is 6.10 Å². The molecule has 0 N–H and O–H groups in total. The minimum atomic E-state index is -0.337. The van der Waals surface area contributed by atoms with Gasteiger partial charge in [-0.05, 0) is 24.1 Å². The van der Waals surface area contributed by atoms with Crippen LogP contribution in [0.3, 0.4) is 0 Å². The fraction of sp³-hybridized carbons (Fsp3) is 0.375. The third-order valence-electron chi connectivity index (χ3n) is 3.26. The topological polar surface area (TPSA) is 57.7 Å². The highest BCUT2D eigenvalue weighted by molar-refractivity contribution is 7.07. The molecule has 1 aromatic heterocycles. The van der Waals surface area contributed by atoms with Crippen LogP contribution in [-0.4, -0.2) is 31.8 Å². The molecule has 0 aliphatic rings. The van der Waals surface area contributed by atoms with Crippen molar-refractivity contribution in [3.63, 3.8) is 0 Å². The van der Waals surface area contributed by atoms with Gasteiger partial charge in [-0.15, -0.1) is 11.3 Å². The monoisotopic (exact) mass is 321 g/mol. The molecule has 0 amide bonds. The van der Waals surface area contributed by atoms with Crippen molar-refractivity contribution in [3.8, 4) is 0 Å². The minimum Gasteiger partial charge on any atom is -0.465 e. The second-order valence-corrected chi connectivity index (χ2v) is 5.52. The van der Waals surface area contributed by atoms with E-state index in [0.29, 0.717) is 18.8 Å². The number of carbonyl (C=O) groups excluding carboxylic acids is 1. The van der Waals surface area contributed by atoms with Crippen LogP contribution in [0.15, 0.2) is 29.1 Å². The van der Waals surface area contributed by atoms with Crippen molar-refractivity contribution in [2.45, 2.75) is 19.6 Å². The van der Waals surface area contributed by atoms with Gasteiger partial charge in [0, 0.05) is 12.5 Å². The van der Waals surface area contributed by atoms with Gasteiger partial charge in [0.25, 0.3) is 0 Å². The highest BCUT2D eigenvalue weighted by Gasteiger charge is 2.16. The second kappa shape index (κ2) is 8.03. The lowest BCUT2D eigenvalue weighted by atomic mass is 10.0. The third-order valence-corrected chi connectivity index (χ3v) is 3.90. The zero-order valence-electron chi connectivity index (χ0n) is 12.9. The van der Waals surface area contributed by atoms with Crippen molar-refractivity contribution in [3.05, 3.63) is 51.5 Å². The first-order valence-electron chi connectivity index (χ1n) is 6.82. The van der Waals surface area contributed by atoms with Crippen LogP contribution in [0.5, 0.6) is 0 Å². The number of aromatic nitrogens is 1. The summed E-state index contributed by atoms with van der Waals surface area (Å²) >= 11 is 1.54. The minimum absolute atomic E-state index is 0.211. The van der Waals surface area contributed by atoms with Gasteiger partial charge in [0.2, 0.25) is 0 Å². The number of aryl methyl sites for hydroxylation is 1. The molecule has 0 saturated carbocycles. The molecule has 0 bridgehead atoms. The van der Waals surface area contributed by atoms with Crippen LogP contribution in [0.1, 0.15) is 33.3 Å². The van der Waals surface area contributed by atoms with Crippen LogP contribution < -0.4 is 0 Å². The van der Waals surface area contributed by atoms with Crippen LogP contribution in [0.4, 0.5) is 0 Å². The number of hydrogen-bond acceptors (Lipinski definition) is 6. The number of rotatable bonds is 7. The molecule has 1 aromatic carbocycles. The summed E-state index contributed by atoms with van der Waals surface area (Å²) in [7, 11) is 3.01. The Kier molecular flexibility index (Phi) is 6.06. The summed E-state index contributed by atoms with van der Waals surface area (Å²) in [5.74, 6) is -0.337. The van der Waals surface area contributed by atoms with Gasteiger partial charge in [0.05, 0.1) is 37.1 Å². The van der Waals surface area contributed by atoms with Crippen LogP contribution in [0, 0.1) is 6.92 Å². The van der Waals surface area contributed by atoms with Crippen LogP contribution in [0.25, 0.3) is 0 Å². The third kappa shape index (κ3) is 4.13. The Morgan fingerprint density at radius 1 is 1.36 bits per heavy atom. The van der Waals surface area contributed by atoms with Crippen molar-refractivity contribution in [1.82, 2.24) is 4.98 Å². The number of esters is 1. The number of nitrogens with zero attached hydrogens (tertiary/aromatic N) is 1. The predicted octanol–water partition coefficient (Wildman–Crippen LogP) is 3.14. The Morgan fingerprint density at radius 2 is 2.18 bits per heavy atom. The molecular formula is C16H19NO4S. The standard InChI is InChI=1S/C16H19NO4S/c1-11-6-12(4-5-14(11)16(18)20-3)15(8-19-2)21-7-13-9-22-10-17-13/h4-6,9-10,15H,7-8H2,1-3H3. The van der Waals surface area contributed by atoms with Gasteiger partial charge in [-0.1, -0.05) is 12.1 Å². The van der Waals surface area contributed by atoms with E-state index in [2.05, 4.69) is 4.98 Å². The number of thiazole rings is 1. The fourth-order valence-electron chi connectivity index (χ4n) is 2.11. The second-order valence-electron chi connectivity index (χ2n) is 4.80. The summed E-state index contributed by atoms with van der Waals surface area (Å²) in [5.41, 5.74) is 5.04. The van der Waals surface area contributed by atoms with Gasteiger partial charge >= 0.3 is 5.97 Å². The Balaban J connectivity index is 2.13. The molecule has 1 heterocycles. The number of methoxy groups -OCH3 is 2. The van der Waals surface area contributed by atoms with E-state index in [1.165, 1.54) is 18.4 Å². The molecule has 22 heavy (non-hydrogen) atoms. The Hall–Kier alpha value is -1.76. The lowest BCUT2D eigenvalue weighted by Crippen LogP contribution is -2.12. The summed E-state index contributed by atoms with van der Waals surface area (Å²) in [6.45, 7) is 2.73. The summed E-state index contributed by atoms with van der Waals surface area (Å²) in [6, 6.07) is 5.55. The van der Waals surface area contributed by atoms with E-state index in [-0.39, 0.29) is 12.1 Å². The lowest BCUT2D eigenvalue weighted by Gasteiger charge is -2.18. The van der Waals surface area contributed by atoms with Gasteiger partial charge in [-0.25, -0.2) is 9.78 Å². The lowest BCUT2D eigenvalue weighted by molar-refractivity contribution is -0.0139. The molecule has 0 spiro atoms. The van der Waals surface area contributed by atoms with Crippen molar-refractivity contribution in [2.75, 3.05) is 20.8 Å². The number of benzene rings is 1. The fourth-order valence-corrected chi connectivity index (χ4v) is 2.66. The molecule has 0 radical (unpaired) electrons. The van der Waals surface area contributed by atoms with Gasteiger partial charge in [0.15, 0.2) is 0 Å². The molecule has 2 rings (SSSR count). The SMILES string of the molecule is COCC(OCc1cscn1)c1ccc(C(=O)OC)c(C)c1. The highest BCUT2D eigenvalue weighted by atomic mass is 32.1. The van der Waals surface area contributed by atoms with E-state index < -0.39 is 0 Å². The molecule has 118 valence electrons. The highest BCUT2D eigenvalue weighted by Crippen LogP contribution is 2.23. The first-order chi connectivity index (χ1) is 10.7. The molecule has 0 aliphatic heterocycles. The first kappa shape index (κ1) is 16.6. The van der Waals surface area contributed by atoms with Crippen molar-refractivity contribution in [2.24, 2.45) is 0 Å². The molecule has 5 nitrogen and oxygen atoms in total.